The molecule has 2 N–H and O–H groups in total. The van der Waals surface area contributed by atoms with Crippen LogP contribution in [0, 0.1) is 11.8 Å². The molecule has 0 amide bonds. The van der Waals surface area contributed by atoms with Crippen LogP contribution in [0.3, 0.4) is 0 Å². The highest BCUT2D eigenvalue weighted by molar-refractivity contribution is 6.02. The molecule has 5 heteroatoms. The van der Waals surface area contributed by atoms with E-state index in [9.17, 15) is 15.0 Å². The van der Waals surface area contributed by atoms with Gasteiger partial charge in [0.15, 0.2) is 17.3 Å². The first-order valence-electron chi connectivity index (χ1n) is 7.04. The van der Waals surface area contributed by atoms with Crippen LogP contribution in [-0.2, 0) is 0 Å². The molecule has 22 heavy (non-hydrogen) atoms. The average molecular weight is 304 g/mol. The van der Waals surface area contributed by atoms with Crippen LogP contribution in [0.2, 0.25) is 0 Å². The molecule has 5 nitrogen and oxygen atoms in total. The van der Waals surface area contributed by atoms with Crippen LogP contribution < -0.4 is 9.47 Å². The summed E-state index contributed by atoms with van der Waals surface area (Å²) in [6, 6.07) is 2.88. The molecule has 118 valence electrons. The zero-order valence-electron chi connectivity index (χ0n) is 12.7. The zero-order valence-corrected chi connectivity index (χ0v) is 12.7. The van der Waals surface area contributed by atoms with Crippen LogP contribution in [0.25, 0.3) is 0 Å². The van der Waals surface area contributed by atoms with Gasteiger partial charge in [-0.05, 0) is 31.4 Å². The van der Waals surface area contributed by atoms with Crippen LogP contribution in [0.1, 0.15) is 23.7 Å². The van der Waals surface area contributed by atoms with E-state index in [2.05, 4.69) is 6.58 Å². The minimum atomic E-state index is -0.380. The molecule has 2 unspecified atom stereocenters. The average Bonchev–Trinajstić information content (AvgIpc) is 2.49. The van der Waals surface area contributed by atoms with Gasteiger partial charge in [-0.3, -0.25) is 4.79 Å². The minimum Gasteiger partial charge on any atom is -0.513 e. The van der Waals surface area contributed by atoms with Gasteiger partial charge in [-0.25, -0.2) is 0 Å². The molecule has 0 radical (unpaired) electrons. The van der Waals surface area contributed by atoms with Crippen LogP contribution in [0.5, 0.6) is 17.2 Å². The molecule has 1 aliphatic heterocycles. The third-order valence-corrected chi connectivity index (χ3v) is 3.81. The Morgan fingerprint density at radius 3 is 2.91 bits per heavy atom. The molecule has 0 bridgehead atoms. The number of allylic oxidation sites excluding steroid dienone is 3. The molecule has 2 atom stereocenters. The van der Waals surface area contributed by atoms with Gasteiger partial charge in [0, 0.05) is 6.07 Å². The Labute approximate surface area is 129 Å². The molecule has 0 saturated heterocycles. The Balaban J connectivity index is 2.30. The standard InChI is InChI=1S/C17H20O5/c1-4-11(6-5-10(2)18)13-9-22-15-8-14(19)16(21-3)7-12(15)17(13)20/h4-5,7-8,11,13,18-19H,1,6,9H2,2-3H3/b10-5+. The maximum absolute atomic E-state index is 12.7. The van der Waals surface area contributed by atoms with Gasteiger partial charge >= 0.3 is 0 Å². The molecule has 0 aliphatic carbocycles. The van der Waals surface area contributed by atoms with Gasteiger partial charge in [-0.15, -0.1) is 6.58 Å². The van der Waals surface area contributed by atoms with Crippen molar-refractivity contribution in [3.63, 3.8) is 0 Å². The smallest absolute Gasteiger partial charge is 0.173 e. The van der Waals surface area contributed by atoms with Crippen LogP contribution in [0.4, 0.5) is 0 Å². The van der Waals surface area contributed by atoms with Gasteiger partial charge in [0.2, 0.25) is 0 Å². The third-order valence-electron chi connectivity index (χ3n) is 3.81. The summed E-state index contributed by atoms with van der Waals surface area (Å²) in [5.41, 5.74) is 0.391. The monoisotopic (exact) mass is 304 g/mol. The van der Waals surface area contributed by atoms with E-state index in [1.165, 1.54) is 19.2 Å². The molecule has 1 aromatic carbocycles. The van der Waals surface area contributed by atoms with Gasteiger partial charge in [-0.2, -0.15) is 0 Å². The summed E-state index contributed by atoms with van der Waals surface area (Å²) >= 11 is 0. The van der Waals surface area contributed by atoms with Crippen molar-refractivity contribution in [1.29, 1.82) is 0 Å². The highest BCUT2D eigenvalue weighted by Crippen LogP contribution is 2.39. The number of ketones is 1. The first kappa shape index (κ1) is 15.9. The maximum atomic E-state index is 12.7. The predicted octanol–water partition coefficient (Wildman–Crippen LogP) is 3.25. The number of fused-ring (bicyclic) bond motifs is 1. The predicted molar refractivity (Wildman–Crippen MR) is 82.7 cm³/mol. The summed E-state index contributed by atoms with van der Waals surface area (Å²) in [6.45, 7) is 5.57. The number of aliphatic hydroxyl groups excluding tert-OH is 1. The Kier molecular flexibility index (Phi) is 4.75. The molecule has 0 fully saturated rings. The highest BCUT2D eigenvalue weighted by Gasteiger charge is 2.34. The number of carbonyl (C=O) groups excluding carboxylic acids is 1. The lowest BCUT2D eigenvalue weighted by molar-refractivity contribution is 0.0780. The van der Waals surface area contributed by atoms with E-state index in [1.807, 2.05) is 0 Å². The van der Waals surface area contributed by atoms with Gasteiger partial charge in [0.05, 0.1) is 31.0 Å². The molecule has 0 saturated carbocycles. The number of benzene rings is 1. The van der Waals surface area contributed by atoms with Crippen molar-refractivity contribution in [2.75, 3.05) is 13.7 Å². The summed E-state index contributed by atoms with van der Waals surface area (Å²) < 4.78 is 10.6. The Morgan fingerprint density at radius 2 is 2.32 bits per heavy atom. The number of methoxy groups -OCH3 is 1. The fourth-order valence-electron chi connectivity index (χ4n) is 2.53. The molecule has 2 rings (SSSR count). The normalized spacial score (nSPS) is 19.1. The third kappa shape index (κ3) is 3.08. The Bertz CT molecular complexity index is 614. The van der Waals surface area contributed by atoms with Crippen molar-refractivity contribution < 1.29 is 24.5 Å². The topological polar surface area (TPSA) is 76.0 Å². The number of aromatic hydroxyl groups is 1. The molecular formula is C17H20O5. The van der Waals surface area contributed by atoms with Gasteiger partial charge in [-0.1, -0.05) is 6.08 Å². The fourth-order valence-corrected chi connectivity index (χ4v) is 2.53. The van der Waals surface area contributed by atoms with E-state index in [0.29, 0.717) is 17.7 Å². The van der Waals surface area contributed by atoms with Crippen molar-refractivity contribution in [2.24, 2.45) is 11.8 Å². The largest absolute Gasteiger partial charge is 0.513 e. The second-order valence-corrected chi connectivity index (χ2v) is 5.28. The number of phenols is 1. The number of rotatable bonds is 5. The number of phenolic OH excluding ortho intramolecular Hbond substituents is 1. The lowest BCUT2D eigenvalue weighted by atomic mass is 9.82. The summed E-state index contributed by atoms with van der Waals surface area (Å²) in [6.07, 6.45) is 3.87. The van der Waals surface area contributed by atoms with E-state index in [0.717, 1.165) is 0 Å². The van der Waals surface area contributed by atoms with E-state index < -0.39 is 0 Å². The number of Topliss-reactive ketones (excluding diaryl/α,β-unsaturated/α-hetero) is 1. The van der Waals surface area contributed by atoms with Gasteiger partial charge in [0.25, 0.3) is 0 Å². The second kappa shape index (κ2) is 6.56. The van der Waals surface area contributed by atoms with Crippen LogP contribution >= 0.6 is 0 Å². The maximum Gasteiger partial charge on any atom is 0.173 e. The molecule has 1 aliphatic rings. The first-order valence-corrected chi connectivity index (χ1v) is 7.04. The molecular weight excluding hydrogens is 284 g/mol. The van der Waals surface area contributed by atoms with E-state index in [-0.39, 0.29) is 41.5 Å². The van der Waals surface area contributed by atoms with Gasteiger partial charge < -0.3 is 19.7 Å². The fraction of sp³-hybridized carbons (Fsp3) is 0.353. The lowest BCUT2D eigenvalue weighted by Crippen LogP contribution is -2.33. The number of hydrogen-bond acceptors (Lipinski definition) is 5. The molecule has 1 aromatic rings. The minimum absolute atomic E-state index is 0.0633. The molecule has 0 spiro atoms. The quantitative estimate of drug-likeness (QED) is 0.645. The van der Waals surface area contributed by atoms with Gasteiger partial charge in [0.1, 0.15) is 5.75 Å². The van der Waals surface area contributed by atoms with Crippen LogP contribution in [0.15, 0.2) is 36.6 Å². The SMILES string of the molecule is C=CC(C/C=C(\C)O)C1COc2cc(O)c(OC)cc2C1=O. The number of ether oxygens (including phenoxy) is 2. The molecule has 0 aromatic heterocycles. The van der Waals surface area contributed by atoms with E-state index >= 15 is 0 Å². The van der Waals surface area contributed by atoms with Crippen molar-refractivity contribution in [1.82, 2.24) is 0 Å². The zero-order chi connectivity index (χ0) is 16.3. The molecule has 1 heterocycles. The summed E-state index contributed by atoms with van der Waals surface area (Å²) in [4.78, 5) is 12.7. The van der Waals surface area contributed by atoms with Crippen molar-refractivity contribution >= 4 is 5.78 Å². The summed E-state index contributed by atoms with van der Waals surface area (Å²) in [7, 11) is 1.43. The van der Waals surface area contributed by atoms with E-state index in [1.54, 1.807) is 19.1 Å². The Morgan fingerprint density at radius 1 is 1.59 bits per heavy atom. The van der Waals surface area contributed by atoms with Crippen molar-refractivity contribution in [3.8, 4) is 17.2 Å². The number of hydrogen-bond donors (Lipinski definition) is 2. The number of carbonyl (C=O) groups is 1. The van der Waals surface area contributed by atoms with Crippen LogP contribution in [-0.4, -0.2) is 29.7 Å². The van der Waals surface area contributed by atoms with E-state index in [4.69, 9.17) is 9.47 Å². The number of aliphatic hydroxyl groups is 1. The summed E-state index contributed by atoms with van der Waals surface area (Å²) in [5, 5.41) is 19.0. The van der Waals surface area contributed by atoms with Crippen molar-refractivity contribution in [3.05, 3.63) is 42.2 Å². The highest BCUT2D eigenvalue weighted by atomic mass is 16.5. The first-order chi connectivity index (χ1) is 10.5. The lowest BCUT2D eigenvalue weighted by Gasteiger charge is -2.28. The summed E-state index contributed by atoms with van der Waals surface area (Å²) in [5.74, 6) is 0.148. The second-order valence-electron chi connectivity index (χ2n) is 5.28. The van der Waals surface area contributed by atoms with Crippen molar-refractivity contribution in [2.45, 2.75) is 13.3 Å². The Hall–Kier alpha value is -2.43.